The van der Waals surface area contributed by atoms with Crippen LogP contribution in [0, 0.1) is 0 Å². The summed E-state index contributed by atoms with van der Waals surface area (Å²) in [6.07, 6.45) is 0. The Kier molecular flexibility index (Phi) is 6.51. The fourth-order valence-electron chi connectivity index (χ4n) is 1.38. The van der Waals surface area contributed by atoms with Gasteiger partial charge in [0.25, 0.3) is 0 Å². The molecule has 0 unspecified atom stereocenters. The van der Waals surface area contributed by atoms with Crippen molar-refractivity contribution in [1.29, 1.82) is 0 Å². The molecule has 0 radical (unpaired) electrons. The Morgan fingerprint density at radius 1 is 0.611 bits per heavy atom. The average Bonchev–Trinajstić information content (AvgIpc) is 2.39. The molecule has 2 rings (SSSR count). The van der Waals surface area contributed by atoms with Crippen LogP contribution in [0.25, 0.3) is 0 Å². The summed E-state index contributed by atoms with van der Waals surface area (Å²) >= 11 is 8.45. The molecular formula is C14H12Br2Se2. The Bertz CT molecular complexity index is 433. The molecule has 0 nitrogen and oxygen atoms in total. The fraction of sp³-hybridized carbons (Fsp3) is 0.143. The van der Waals surface area contributed by atoms with Crippen molar-refractivity contribution in [3.8, 4) is 0 Å². The van der Waals surface area contributed by atoms with Crippen LogP contribution in [0.1, 0.15) is 11.1 Å². The minimum absolute atomic E-state index is 0.758. The molecule has 0 heterocycles. The molecule has 0 bridgehead atoms. The van der Waals surface area contributed by atoms with Crippen LogP contribution in [-0.2, 0) is 10.6 Å². The third kappa shape index (κ3) is 5.20. The predicted molar refractivity (Wildman–Crippen MR) is 87.2 cm³/mol. The van der Waals surface area contributed by atoms with Crippen LogP contribution in [0.15, 0.2) is 57.5 Å². The van der Waals surface area contributed by atoms with Crippen LogP contribution < -0.4 is 0 Å². The maximum absolute atomic E-state index is 3.47. The van der Waals surface area contributed by atoms with Crippen molar-refractivity contribution in [1.82, 2.24) is 0 Å². The summed E-state index contributed by atoms with van der Waals surface area (Å²) in [5.74, 6) is 0. The van der Waals surface area contributed by atoms with E-state index < -0.39 is 0 Å². The van der Waals surface area contributed by atoms with E-state index in [0.29, 0.717) is 0 Å². The summed E-state index contributed by atoms with van der Waals surface area (Å²) in [4.78, 5) is 0. The van der Waals surface area contributed by atoms with Gasteiger partial charge in [-0.25, -0.2) is 0 Å². The fourth-order valence-corrected chi connectivity index (χ4v) is 8.42. The summed E-state index contributed by atoms with van der Waals surface area (Å²) < 4.78 is 2.33. The first-order valence-electron chi connectivity index (χ1n) is 5.47. The van der Waals surface area contributed by atoms with Crippen molar-refractivity contribution < 1.29 is 0 Å². The summed E-state index contributed by atoms with van der Waals surface area (Å²) in [5, 5.41) is 2.52. The van der Waals surface area contributed by atoms with E-state index >= 15 is 0 Å². The summed E-state index contributed by atoms with van der Waals surface area (Å²) in [6, 6.07) is 17.4. The topological polar surface area (TPSA) is 0 Å². The normalized spacial score (nSPS) is 10.6. The Labute approximate surface area is 136 Å². The molecule has 0 aliphatic rings. The average molecular weight is 498 g/mol. The molecule has 18 heavy (non-hydrogen) atoms. The molecule has 0 fully saturated rings. The molecule has 2 aromatic carbocycles. The van der Waals surface area contributed by atoms with E-state index in [9.17, 15) is 0 Å². The van der Waals surface area contributed by atoms with Crippen LogP contribution >= 0.6 is 31.9 Å². The van der Waals surface area contributed by atoms with Gasteiger partial charge in [-0.2, -0.15) is 0 Å². The molecule has 0 saturated heterocycles. The van der Waals surface area contributed by atoms with Crippen molar-refractivity contribution in [3.63, 3.8) is 0 Å². The predicted octanol–water partition coefficient (Wildman–Crippen LogP) is 4.24. The van der Waals surface area contributed by atoms with Gasteiger partial charge >= 0.3 is 137 Å². The van der Waals surface area contributed by atoms with E-state index in [1.54, 1.807) is 0 Å². The van der Waals surface area contributed by atoms with E-state index in [0.717, 1.165) is 26.3 Å². The third-order valence-electron chi connectivity index (χ3n) is 2.36. The molecule has 0 aromatic heterocycles. The SMILES string of the molecule is Brc1ccc(C[Se][Se]Cc2ccc(Br)cc2)cc1. The number of benzene rings is 2. The van der Waals surface area contributed by atoms with Gasteiger partial charge in [0, 0.05) is 0 Å². The first-order valence-corrected chi connectivity index (χ1v) is 13.8. The molecule has 0 aliphatic carbocycles. The summed E-state index contributed by atoms with van der Waals surface area (Å²) in [6.45, 7) is 0. The second-order valence-corrected chi connectivity index (χ2v) is 12.9. The second-order valence-electron chi connectivity index (χ2n) is 3.78. The zero-order valence-corrected chi connectivity index (χ0v) is 16.2. The van der Waals surface area contributed by atoms with Crippen LogP contribution in [-0.4, -0.2) is 26.3 Å². The molecule has 0 aliphatic heterocycles. The van der Waals surface area contributed by atoms with E-state index in [4.69, 9.17) is 0 Å². The molecule has 4 heteroatoms. The quantitative estimate of drug-likeness (QED) is 0.428. The number of hydrogen-bond acceptors (Lipinski definition) is 0. The minimum atomic E-state index is 0.758. The molecule has 0 N–H and O–H groups in total. The third-order valence-corrected chi connectivity index (χ3v) is 10.0. The van der Waals surface area contributed by atoms with E-state index in [-0.39, 0.29) is 0 Å². The number of halogens is 2. The summed E-state index contributed by atoms with van der Waals surface area (Å²) in [7, 11) is 0. The van der Waals surface area contributed by atoms with Crippen LogP contribution in [0.2, 0.25) is 0 Å². The number of hydrogen-bond donors (Lipinski definition) is 0. The molecule has 0 amide bonds. The van der Waals surface area contributed by atoms with Gasteiger partial charge < -0.3 is 0 Å². The van der Waals surface area contributed by atoms with Gasteiger partial charge in [-0.3, -0.25) is 0 Å². The maximum atomic E-state index is 3.47. The van der Waals surface area contributed by atoms with Crippen molar-refractivity contribution in [2.75, 3.05) is 0 Å². The molecule has 94 valence electrons. The van der Waals surface area contributed by atoms with Gasteiger partial charge in [0.1, 0.15) is 0 Å². The Morgan fingerprint density at radius 2 is 0.944 bits per heavy atom. The molecule has 0 atom stereocenters. The first kappa shape index (κ1) is 14.8. The molecule has 2 aromatic rings. The second kappa shape index (κ2) is 7.89. The van der Waals surface area contributed by atoms with Gasteiger partial charge in [-0.05, 0) is 0 Å². The molecule has 0 spiro atoms. The van der Waals surface area contributed by atoms with Gasteiger partial charge in [0.15, 0.2) is 0 Å². The zero-order chi connectivity index (χ0) is 12.8. The summed E-state index contributed by atoms with van der Waals surface area (Å²) in [5.41, 5.74) is 2.94. The van der Waals surface area contributed by atoms with Crippen LogP contribution in [0.5, 0.6) is 0 Å². The van der Waals surface area contributed by atoms with E-state index in [2.05, 4.69) is 80.4 Å². The standard InChI is InChI=1S/C14H12Br2Se2/c15-13-5-1-11(2-6-13)9-17-18-10-12-3-7-14(16)8-4-12/h1-8H,9-10H2. The van der Waals surface area contributed by atoms with Gasteiger partial charge in [0.2, 0.25) is 0 Å². The van der Waals surface area contributed by atoms with E-state index in [1.807, 2.05) is 0 Å². The van der Waals surface area contributed by atoms with E-state index in [1.165, 1.54) is 30.7 Å². The number of rotatable bonds is 5. The van der Waals surface area contributed by atoms with Crippen molar-refractivity contribution in [2.45, 2.75) is 10.6 Å². The Morgan fingerprint density at radius 3 is 1.28 bits per heavy atom. The van der Waals surface area contributed by atoms with Crippen molar-refractivity contribution in [3.05, 3.63) is 68.6 Å². The van der Waals surface area contributed by atoms with Crippen LogP contribution in [0.4, 0.5) is 0 Å². The van der Waals surface area contributed by atoms with Crippen molar-refractivity contribution >= 4 is 58.1 Å². The zero-order valence-electron chi connectivity index (χ0n) is 9.61. The Balaban J connectivity index is 1.73. The monoisotopic (exact) mass is 498 g/mol. The van der Waals surface area contributed by atoms with Gasteiger partial charge in [-0.15, -0.1) is 0 Å². The van der Waals surface area contributed by atoms with Gasteiger partial charge in [0.05, 0.1) is 0 Å². The van der Waals surface area contributed by atoms with Crippen molar-refractivity contribution in [2.24, 2.45) is 0 Å². The Hall–Kier alpha value is 0.439. The molecular weight excluding hydrogens is 486 g/mol. The molecule has 0 saturated carbocycles. The van der Waals surface area contributed by atoms with Crippen LogP contribution in [0.3, 0.4) is 0 Å². The van der Waals surface area contributed by atoms with Gasteiger partial charge in [-0.1, -0.05) is 0 Å². The first-order chi connectivity index (χ1) is 8.74.